The minimum Gasteiger partial charge on any atom is -0.374 e. The molecule has 0 atom stereocenters. The average Bonchev–Trinajstić information content (AvgIpc) is 2.81. The van der Waals surface area contributed by atoms with Gasteiger partial charge >= 0.3 is 0 Å². The van der Waals surface area contributed by atoms with E-state index < -0.39 is 0 Å². The molecule has 1 aromatic carbocycles. The van der Waals surface area contributed by atoms with Gasteiger partial charge in [0, 0.05) is 21.7 Å². The van der Waals surface area contributed by atoms with E-state index in [2.05, 4.69) is 46.1 Å². The summed E-state index contributed by atoms with van der Waals surface area (Å²) in [6.45, 7) is 4.14. The molecule has 0 saturated carbocycles. The van der Waals surface area contributed by atoms with Crippen molar-refractivity contribution in [1.82, 2.24) is 4.98 Å². The van der Waals surface area contributed by atoms with Crippen molar-refractivity contribution in [2.45, 2.75) is 19.4 Å². The quantitative estimate of drug-likeness (QED) is 0.924. The normalized spacial score (nSPS) is 11.0. The first-order valence-corrected chi connectivity index (χ1v) is 7.07. The molecule has 1 aromatic heterocycles. The Morgan fingerprint density at radius 3 is 2.78 bits per heavy atom. The summed E-state index contributed by atoms with van der Waals surface area (Å²) in [5.74, 6) is 0. The molecule has 1 heterocycles. The van der Waals surface area contributed by atoms with E-state index >= 15 is 0 Å². The Morgan fingerprint density at radius 1 is 1.39 bits per heavy atom. The molecule has 18 heavy (non-hydrogen) atoms. The Bertz CT molecular complexity index is 585. The summed E-state index contributed by atoms with van der Waals surface area (Å²) < 4.78 is 0.888. The third-order valence-corrected chi connectivity index (χ3v) is 4.01. The van der Waals surface area contributed by atoms with E-state index in [4.69, 9.17) is 5.26 Å². The van der Waals surface area contributed by atoms with E-state index in [1.807, 2.05) is 17.5 Å². The molecule has 0 aliphatic rings. The van der Waals surface area contributed by atoms with Crippen LogP contribution in [0.15, 0.2) is 34.2 Å². The van der Waals surface area contributed by atoms with Crippen LogP contribution in [0.25, 0.3) is 0 Å². The SMILES string of the molecule is CC(C)(Nc1cc(Br)cc(C#N)c1)c1nccs1. The first kappa shape index (κ1) is 13.1. The average molecular weight is 322 g/mol. The summed E-state index contributed by atoms with van der Waals surface area (Å²) in [6, 6.07) is 7.73. The summed E-state index contributed by atoms with van der Waals surface area (Å²) in [7, 11) is 0. The standard InChI is InChI=1S/C13H12BrN3S/c1-13(2,12-16-3-4-18-12)17-11-6-9(8-15)5-10(14)7-11/h3-7,17H,1-2H3. The molecule has 3 nitrogen and oxygen atoms in total. The molecule has 0 saturated heterocycles. The highest BCUT2D eigenvalue weighted by atomic mass is 79.9. The van der Waals surface area contributed by atoms with E-state index in [-0.39, 0.29) is 5.54 Å². The van der Waals surface area contributed by atoms with Crippen molar-refractivity contribution in [3.8, 4) is 6.07 Å². The Hall–Kier alpha value is -1.38. The number of hydrogen-bond donors (Lipinski definition) is 1. The van der Waals surface area contributed by atoms with E-state index in [1.165, 1.54) is 0 Å². The monoisotopic (exact) mass is 321 g/mol. The lowest BCUT2D eigenvalue weighted by Gasteiger charge is -2.25. The molecule has 2 rings (SSSR count). The van der Waals surface area contributed by atoms with Gasteiger partial charge in [-0.25, -0.2) is 4.98 Å². The summed E-state index contributed by atoms with van der Waals surface area (Å²) in [5.41, 5.74) is 1.27. The maximum atomic E-state index is 8.96. The fourth-order valence-electron chi connectivity index (χ4n) is 1.67. The zero-order valence-corrected chi connectivity index (χ0v) is 12.5. The fourth-order valence-corrected chi connectivity index (χ4v) is 2.88. The molecule has 0 aliphatic heterocycles. The lowest BCUT2D eigenvalue weighted by Crippen LogP contribution is -2.27. The molecule has 92 valence electrons. The second kappa shape index (κ2) is 5.09. The highest BCUT2D eigenvalue weighted by Crippen LogP contribution is 2.29. The van der Waals surface area contributed by atoms with Gasteiger partial charge in [-0.1, -0.05) is 15.9 Å². The van der Waals surface area contributed by atoms with Crippen molar-refractivity contribution in [2.24, 2.45) is 0 Å². The number of nitrogens with one attached hydrogen (secondary N) is 1. The van der Waals surface area contributed by atoms with E-state index in [1.54, 1.807) is 23.6 Å². The van der Waals surface area contributed by atoms with Crippen molar-refractivity contribution in [1.29, 1.82) is 5.26 Å². The van der Waals surface area contributed by atoms with Crippen LogP contribution < -0.4 is 5.32 Å². The topological polar surface area (TPSA) is 48.7 Å². The minimum absolute atomic E-state index is 0.262. The van der Waals surface area contributed by atoms with Crippen LogP contribution in [0.2, 0.25) is 0 Å². The van der Waals surface area contributed by atoms with Gasteiger partial charge in [0.25, 0.3) is 0 Å². The number of thiazole rings is 1. The molecule has 0 amide bonds. The number of benzene rings is 1. The zero-order valence-electron chi connectivity index (χ0n) is 10.1. The number of aromatic nitrogens is 1. The lowest BCUT2D eigenvalue weighted by molar-refractivity contribution is 0.604. The lowest BCUT2D eigenvalue weighted by atomic mass is 10.1. The van der Waals surface area contributed by atoms with Crippen LogP contribution in [-0.2, 0) is 5.54 Å². The first-order valence-electron chi connectivity index (χ1n) is 5.40. The van der Waals surface area contributed by atoms with Crippen LogP contribution in [0.5, 0.6) is 0 Å². The van der Waals surface area contributed by atoms with Crippen LogP contribution in [0, 0.1) is 11.3 Å². The van der Waals surface area contributed by atoms with Crippen LogP contribution in [-0.4, -0.2) is 4.98 Å². The molecule has 5 heteroatoms. The number of rotatable bonds is 3. The first-order chi connectivity index (χ1) is 8.51. The second-order valence-corrected chi connectivity index (χ2v) is 6.24. The molecule has 0 unspecified atom stereocenters. The van der Waals surface area contributed by atoms with Crippen molar-refractivity contribution in [3.05, 3.63) is 44.8 Å². The van der Waals surface area contributed by atoms with Gasteiger partial charge in [0.05, 0.1) is 17.2 Å². The molecule has 0 fully saturated rings. The summed E-state index contributed by atoms with van der Waals surface area (Å²) in [4.78, 5) is 4.33. The third-order valence-electron chi connectivity index (χ3n) is 2.45. The van der Waals surface area contributed by atoms with Gasteiger partial charge in [0.1, 0.15) is 5.01 Å². The molecular formula is C13H12BrN3S. The Labute approximate surface area is 119 Å². The molecule has 0 spiro atoms. The molecular weight excluding hydrogens is 310 g/mol. The zero-order chi connectivity index (χ0) is 13.2. The van der Waals surface area contributed by atoms with E-state index in [9.17, 15) is 0 Å². The van der Waals surface area contributed by atoms with Gasteiger partial charge in [0.15, 0.2) is 0 Å². The summed E-state index contributed by atoms with van der Waals surface area (Å²) >= 11 is 5.02. The highest BCUT2D eigenvalue weighted by molar-refractivity contribution is 9.10. The van der Waals surface area contributed by atoms with Gasteiger partial charge < -0.3 is 5.32 Å². The fraction of sp³-hybridized carbons (Fsp3) is 0.231. The molecule has 2 aromatic rings. The van der Waals surface area contributed by atoms with Gasteiger partial charge in [-0.05, 0) is 32.0 Å². The predicted octanol–water partition coefficient (Wildman–Crippen LogP) is 4.12. The van der Waals surface area contributed by atoms with E-state index in [0.717, 1.165) is 15.2 Å². The molecule has 1 N–H and O–H groups in total. The van der Waals surface area contributed by atoms with Crippen molar-refractivity contribution in [3.63, 3.8) is 0 Å². The number of halogens is 1. The summed E-state index contributed by atoms with van der Waals surface area (Å²) in [6.07, 6.45) is 1.80. The van der Waals surface area contributed by atoms with Crippen LogP contribution in [0.3, 0.4) is 0 Å². The molecule has 0 radical (unpaired) electrons. The maximum absolute atomic E-state index is 8.96. The Morgan fingerprint density at radius 2 is 2.17 bits per heavy atom. The Kier molecular flexibility index (Phi) is 3.69. The third kappa shape index (κ3) is 2.89. The predicted molar refractivity (Wildman–Crippen MR) is 77.6 cm³/mol. The number of anilines is 1. The number of nitriles is 1. The smallest absolute Gasteiger partial charge is 0.117 e. The summed E-state index contributed by atoms with van der Waals surface area (Å²) in [5, 5.41) is 15.3. The van der Waals surface area contributed by atoms with Gasteiger partial charge in [-0.15, -0.1) is 11.3 Å². The van der Waals surface area contributed by atoms with Crippen LogP contribution in [0.4, 0.5) is 5.69 Å². The largest absolute Gasteiger partial charge is 0.374 e. The highest BCUT2D eigenvalue weighted by Gasteiger charge is 2.23. The molecule has 0 bridgehead atoms. The van der Waals surface area contributed by atoms with Crippen molar-refractivity contribution in [2.75, 3.05) is 5.32 Å². The van der Waals surface area contributed by atoms with Crippen LogP contribution in [0.1, 0.15) is 24.4 Å². The van der Waals surface area contributed by atoms with Gasteiger partial charge in [-0.3, -0.25) is 0 Å². The van der Waals surface area contributed by atoms with Crippen molar-refractivity contribution >= 4 is 33.0 Å². The van der Waals surface area contributed by atoms with E-state index in [0.29, 0.717) is 5.56 Å². The number of nitrogens with zero attached hydrogens (tertiary/aromatic N) is 2. The maximum Gasteiger partial charge on any atom is 0.117 e. The minimum atomic E-state index is -0.262. The van der Waals surface area contributed by atoms with Crippen molar-refractivity contribution < 1.29 is 0 Å². The van der Waals surface area contributed by atoms with Gasteiger partial charge in [0.2, 0.25) is 0 Å². The molecule has 0 aliphatic carbocycles. The number of hydrogen-bond acceptors (Lipinski definition) is 4. The second-order valence-electron chi connectivity index (χ2n) is 4.43. The van der Waals surface area contributed by atoms with Crippen LogP contribution >= 0.6 is 27.3 Å². The van der Waals surface area contributed by atoms with Gasteiger partial charge in [-0.2, -0.15) is 5.26 Å². The Balaban J connectivity index is 2.29.